The van der Waals surface area contributed by atoms with E-state index in [9.17, 15) is 14.4 Å². The number of carbonyl (C=O) groups is 3. The predicted octanol–water partition coefficient (Wildman–Crippen LogP) is -0.0777. The van der Waals surface area contributed by atoms with Gasteiger partial charge in [-0.05, 0) is 11.8 Å². The minimum atomic E-state index is -0.725. The molecule has 1 fully saturated rings. The van der Waals surface area contributed by atoms with Gasteiger partial charge in [0.15, 0.2) is 5.69 Å². The van der Waals surface area contributed by atoms with E-state index in [-0.39, 0.29) is 16.8 Å². The van der Waals surface area contributed by atoms with Crippen LogP contribution in [-0.4, -0.2) is 52.6 Å². The highest BCUT2D eigenvalue weighted by Gasteiger charge is 2.44. The van der Waals surface area contributed by atoms with Crippen LogP contribution in [0.2, 0.25) is 0 Å². The molecule has 0 spiro atoms. The molecule has 2 rings (SSSR count). The van der Waals surface area contributed by atoms with Crippen LogP contribution in [0.4, 0.5) is 0 Å². The third-order valence-corrected chi connectivity index (χ3v) is 3.52. The van der Waals surface area contributed by atoms with Crippen molar-refractivity contribution in [3.05, 3.63) is 17.5 Å². The Bertz CT molecular complexity index is 593. The summed E-state index contributed by atoms with van der Waals surface area (Å²) in [5.74, 6) is -1.59. The molecule has 8 heteroatoms. The van der Waals surface area contributed by atoms with Gasteiger partial charge in [0.05, 0.1) is 7.11 Å². The molecule has 1 unspecified atom stereocenters. The SMILES string of the molecule is COC(=O)C1CC(C)(C)CN1C(=O)c1cc(C(N)=O)n[nH]1. The van der Waals surface area contributed by atoms with Crippen molar-refractivity contribution in [3.63, 3.8) is 0 Å². The van der Waals surface area contributed by atoms with Gasteiger partial charge in [0.25, 0.3) is 11.8 Å². The number of methoxy groups -OCH3 is 1. The zero-order valence-corrected chi connectivity index (χ0v) is 12.2. The average Bonchev–Trinajstić information content (AvgIpc) is 3.01. The van der Waals surface area contributed by atoms with Gasteiger partial charge in [-0.2, -0.15) is 5.10 Å². The maximum Gasteiger partial charge on any atom is 0.328 e. The molecule has 1 atom stereocenters. The molecule has 8 nitrogen and oxygen atoms in total. The van der Waals surface area contributed by atoms with Crippen LogP contribution in [0.5, 0.6) is 0 Å². The molecule has 1 aliphatic heterocycles. The first-order valence-corrected chi connectivity index (χ1v) is 6.49. The number of amides is 2. The van der Waals surface area contributed by atoms with Gasteiger partial charge in [-0.1, -0.05) is 13.8 Å². The summed E-state index contributed by atoms with van der Waals surface area (Å²) in [6.45, 7) is 4.35. The smallest absolute Gasteiger partial charge is 0.328 e. The van der Waals surface area contributed by atoms with E-state index in [2.05, 4.69) is 10.2 Å². The molecular formula is C13H18N4O4. The van der Waals surface area contributed by atoms with E-state index in [1.807, 2.05) is 13.8 Å². The maximum absolute atomic E-state index is 12.5. The number of nitrogens with one attached hydrogen (secondary N) is 1. The van der Waals surface area contributed by atoms with Crippen LogP contribution in [0.25, 0.3) is 0 Å². The highest BCUT2D eigenvalue weighted by Crippen LogP contribution is 2.35. The van der Waals surface area contributed by atoms with E-state index >= 15 is 0 Å². The fraction of sp³-hybridized carbons (Fsp3) is 0.538. The van der Waals surface area contributed by atoms with Gasteiger partial charge in [-0.3, -0.25) is 14.7 Å². The van der Waals surface area contributed by atoms with E-state index in [0.717, 1.165) is 0 Å². The molecule has 0 aliphatic carbocycles. The summed E-state index contributed by atoms with van der Waals surface area (Å²) in [6.07, 6.45) is 0.516. The quantitative estimate of drug-likeness (QED) is 0.756. The minimum Gasteiger partial charge on any atom is -0.467 e. The summed E-state index contributed by atoms with van der Waals surface area (Å²) >= 11 is 0. The molecule has 0 radical (unpaired) electrons. The number of nitrogens with two attached hydrogens (primary N) is 1. The van der Waals surface area contributed by atoms with Crippen molar-refractivity contribution in [2.24, 2.45) is 11.1 Å². The van der Waals surface area contributed by atoms with Gasteiger partial charge in [0.2, 0.25) is 0 Å². The van der Waals surface area contributed by atoms with Gasteiger partial charge in [-0.15, -0.1) is 0 Å². The number of primary amides is 1. The molecule has 2 amide bonds. The molecule has 2 heterocycles. The molecule has 0 bridgehead atoms. The van der Waals surface area contributed by atoms with Gasteiger partial charge in [0, 0.05) is 12.6 Å². The van der Waals surface area contributed by atoms with Gasteiger partial charge in [0.1, 0.15) is 11.7 Å². The summed E-state index contributed by atoms with van der Waals surface area (Å²) in [5, 5.41) is 6.15. The highest BCUT2D eigenvalue weighted by molar-refractivity contribution is 5.98. The van der Waals surface area contributed by atoms with Crippen molar-refractivity contribution in [1.29, 1.82) is 0 Å². The van der Waals surface area contributed by atoms with Crippen LogP contribution in [0.1, 0.15) is 41.2 Å². The summed E-state index contributed by atoms with van der Waals surface area (Å²) in [4.78, 5) is 36.8. The number of esters is 1. The molecule has 3 N–H and O–H groups in total. The van der Waals surface area contributed by atoms with Crippen molar-refractivity contribution in [3.8, 4) is 0 Å². The molecule has 21 heavy (non-hydrogen) atoms. The standard InChI is InChI=1S/C13H18N4O4/c1-13(2)5-9(12(20)21-3)17(6-13)11(19)8-4-7(10(14)18)15-16-8/h4,9H,5-6H2,1-3H3,(H2,14,18)(H,15,16). The van der Waals surface area contributed by atoms with Crippen molar-refractivity contribution >= 4 is 17.8 Å². The number of carbonyl (C=O) groups excluding carboxylic acids is 3. The lowest BCUT2D eigenvalue weighted by atomic mass is 9.91. The first kappa shape index (κ1) is 15.0. The molecular weight excluding hydrogens is 276 g/mol. The lowest BCUT2D eigenvalue weighted by molar-refractivity contribution is -0.145. The number of aromatic nitrogens is 2. The van der Waals surface area contributed by atoms with Crippen molar-refractivity contribution in [2.75, 3.05) is 13.7 Å². The van der Waals surface area contributed by atoms with Crippen molar-refractivity contribution in [1.82, 2.24) is 15.1 Å². The van der Waals surface area contributed by atoms with E-state index < -0.39 is 23.8 Å². The topological polar surface area (TPSA) is 118 Å². The number of hydrogen-bond donors (Lipinski definition) is 2. The number of hydrogen-bond acceptors (Lipinski definition) is 5. The summed E-state index contributed by atoms with van der Waals surface area (Å²) in [5.41, 5.74) is 5.01. The van der Waals surface area contributed by atoms with E-state index in [1.165, 1.54) is 18.1 Å². The lowest BCUT2D eigenvalue weighted by Gasteiger charge is -2.22. The summed E-state index contributed by atoms with van der Waals surface area (Å²) < 4.78 is 4.75. The third kappa shape index (κ3) is 2.88. The molecule has 1 saturated heterocycles. The fourth-order valence-electron chi connectivity index (χ4n) is 2.54. The van der Waals surface area contributed by atoms with Crippen molar-refractivity contribution < 1.29 is 19.1 Å². The predicted molar refractivity (Wildman–Crippen MR) is 72.3 cm³/mol. The Hall–Kier alpha value is -2.38. The molecule has 1 aliphatic rings. The number of H-pyrrole nitrogens is 1. The molecule has 0 saturated carbocycles. The Morgan fingerprint density at radius 2 is 2.14 bits per heavy atom. The van der Waals surface area contributed by atoms with E-state index in [4.69, 9.17) is 10.5 Å². The largest absolute Gasteiger partial charge is 0.467 e. The van der Waals surface area contributed by atoms with Gasteiger partial charge in [-0.25, -0.2) is 4.79 Å². The van der Waals surface area contributed by atoms with Gasteiger partial charge >= 0.3 is 5.97 Å². The Morgan fingerprint density at radius 1 is 1.48 bits per heavy atom. The van der Waals surface area contributed by atoms with Crippen LogP contribution < -0.4 is 5.73 Å². The van der Waals surface area contributed by atoms with E-state index in [1.54, 1.807) is 0 Å². The summed E-state index contributed by atoms with van der Waals surface area (Å²) in [6, 6.07) is 0.641. The molecule has 1 aromatic heterocycles. The average molecular weight is 294 g/mol. The Labute approximate surface area is 121 Å². The second-order valence-corrected chi connectivity index (χ2v) is 5.87. The number of aromatic amines is 1. The van der Waals surface area contributed by atoms with Crippen LogP contribution in [0.15, 0.2) is 6.07 Å². The number of likely N-dealkylation sites (tertiary alicyclic amines) is 1. The first-order chi connectivity index (χ1) is 9.75. The normalized spacial score (nSPS) is 20.3. The van der Waals surface area contributed by atoms with Crippen LogP contribution >= 0.6 is 0 Å². The minimum absolute atomic E-state index is 0.0218. The monoisotopic (exact) mass is 294 g/mol. The number of nitrogens with zero attached hydrogens (tertiary/aromatic N) is 2. The lowest BCUT2D eigenvalue weighted by Crippen LogP contribution is -2.41. The number of ether oxygens (including phenoxy) is 1. The van der Waals surface area contributed by atoms with Crippen LogP contribution in [0.3, 0.4) is 0 Å². The zero-order valence-electron chi connectivity index (χ0n) is 12.2. The third-order valence-electron chi connectivity index (χ3n) is 3.52. The first-order valence-electron chi connectivity index (χ1n) is 6.49. The molecule has 1 aromatic rings. The number of rotatable bonds is 3. The highest BCUT2D eigenvalue weighted by atomic mass is 16.5. The van der Waals surface area contributed by atoms with Crippen LogP contribution in [-0.2, 0) is 9.53 Å². The van der Waals surface area contributed by atoms with Crippen LogP contribution in [0, 0.1) is 5.41 Å². The Balaban J connectivity index is 2.27. The summed E-state index contributed by atoms with van der Waals surface area (Å²) in [7, 11) is 1.29. The van der Waals surface area contributed by atoms with Gasteiger partial charge < -0.3 is 15.4 Å². The Kier molecular flexibility index (Phi) is 3.71. The fourth-order valence-corrected chi connectivity index (χ4v) is 2.54. The zero-order chi connectivity index (χ0) is 15.8. The Morgan fingerprint density at radius 3 is 2.67 bits per heavy atom. The maximum atomic E-state index is 12.5. The van der Waals surface area contributed by atoms with Crippen molar-refractivity contribution in [2.45, 2.75) is 26.3 Å². The van der Waals surface area contributed by atoms with E-state index in [0.29, 0.717) is 13.0 Å². The second-order valence-electron chi connectivity index (χ2n) is 5.87. The second kappa shape index (κ2) is 5.19. The molecule has 0 aromatic carbocycles. The molecule has 114 valence electrons.